The Bertz CT molecular complexity index is 1910. The summed E-state index contributed by atoms with van der Waals surface area (Å²) in [6.07, 6.45) is 0. The molecule has 0 bridgehead atoms. The van der Waals surface area contributed by atoms with E-state index in [2.05, 4.69) is 134 Å². The van der Waals surface area contributed by atoms with Crippen LogP contribution < -0.4 is 0 Å². The Morgan fingerprint density at radius 1 is 0.343 bits per heavy atom. The third-order valence-corrected chi connectivity index (χ3v) is 7.26. The number of aryl methyl sites for hydroxylation is 1. The maximum Gasteiger partial charge on any atom is -0.00261 e. The second-order valence-corrected chi connectivity index (χ2v) is 9.47. The number of hydrogen-bond donors (Lipinski definition) is 0. The standard InChI is InChI=1S/C35H24/c1-23-14-19-32-33(20-23)35(29-18-16-25-9-3-5-11-27(25)22-29)31-13-7-6-12-30(31)34(32)28-17-15-24-8-2-4-10-26(24)21-28/h2-22H,1H3. The Hall–Kier alpha value is -4.42. The van der Waals surface area contributed by atoms with Crippen LogP contribution in [0.3, 0.4) is 0 Å². The molecule has 0 nitrogen and oxygen atoms in total. The molecule has 0 aliphatic rings. The molecule has 0 N–H and O–H groups in total. The van der Waals surface area contributed by atoms with Crippen LogP contribution in [0.4, 0.5) is 0 Å². The quantitative estimate of drug-likeness (QED) is 0.233. The summed E-state index contributed by atoms with van der Waals surface area (Å²) in [5, 5.41) is 10.3. The van der Waals surface area contributed by atoms with Crippen molar-refractivity contribution in [2.75, 3.05) is 0 Å². The van der Waals surface area contributed by atoms with Gasteiger partial charge in [-0.2, -0.15) is 0 Å². The zero-order valence-corrected chi connectivity index (χ0v) is 19.6. The zero-order chi connectivity index (χ0) is 23.4. The van der Waals surface area contributed by atoms with Gasteiger partial charge in [0.25, 0.3) is 0 Å². The summed E-state index contributed by atoms with van der Waals surface area (Å²) in [5.74, 6) is 0. The minimum atomic E-state index is 1.26. The van der Waals surface area contributed by atoms with Crippen LogP contribution >= 0.6 is 0 Å². The highest BCUT2D eigenvalue weighted by Gasteiger charge is 2.17. The smallest absolute Gasteiger partial charge is 0.00261 e. The highest BCUT2D eigenvalue weighted by atomic mass is 14.2. The molecule has 0 radical (unpaired) electrons. The first-order chi connectivity index (χ1) is 17.3. The van der Waals surface area contributed by atoms with Gasteiger partial charge in [-0.05, 0) is 84.4 Å². The van der Waals surface area contributed by atoms with Crippen LogP contribution in [0.15, 0.2) is 127 Å². The van der Waals surface area contributed by atoms with Crippen LogP contribution in [0.1, 0.15) is 5.56 Å². The lowest BCUT2D eigenvalue weighted by Crippen LogP contribution is -1.92. The monoisotopic (exact) mass is 444 g/mol. The highest BCUT2D eigenvalue weighted by Crippen LogP contribution is 2.44. The van der Waals surface area contributed by atoms with E-state index in [1.807, 2.05) is 0 Å². The average molecular weight is 445 g/mol. The normalized spacial score (nSPS) is 11.6. The van der Waals surface area contributed by atoms with Gasteiger partial charge in [0.1, 0.15) is 0 Å². The molecule has 35 heavy (non-hydrogen) atoms. The molecule has 0 amide bonds. The molecule has 0 aliphatic carbocycles. The zero-order valence-electron chi connectivity index (χ0n) is 19.6. The summed E-state index contributed by atoms with van der Waals surface area (Å²) < 4.78 is 0. The summed E-state index contributed by atoms with van der Waals surface area (Å²) in [7, 11) is 0. The van der Waals surface area contributed by atoms with E-state index >= 15 is 0 Å². The molecule has 7 aromatic carbocycles. The summed E-state index contributed by atoms with van der Waals surface area (Å²) in [5.41, 5.74) is 6.43. The van der Waals surface area contributed by atoms with Gasteiger partial charge >= 0.3 is 0 Å². The first kappa shape index (κ1) is 20.0. The predicted octanol–water partition coefficient (Wildman–Crippen LogP) is 9.94. The van der Waals surface area contributed by atoms with Crippen molar-refractivity contribution in [3.8, 4) is 22.3 Å². The van der Waals surface area contributed by atoms with Crippen LogP contribution in [0.25, 0.3) is 65.3 Å². The van der Waals surface area contributed by atoms with Gasteiger partial charge in [0, 0.05) is 0 Å². The predicted molar refractivity (Wildman–Crippen MR) is 152 cm³/mol. The maximum absolute atomic E-state index is 2.36. The van der Waals surface area contributed by atoms with Crippen molar-refractivity contribution in [3.05, 3.63) is 133 Å². The van der Waals surface area contributed by atoms with Crippen LogP contribution in [0.5, 0.6) is 0 Å². The molecule has 0 saturated heterocycles. The van der Waals surface area contributed by atoms with E-state index in [0.29, 0.717) is 0 Å². The molecule has 7 rings (SSSR count). The molecule has 164 valence electrons. The minimum absolute atomic E-state index is 1.26. The first-order valence-corrected chi connectivity index (χ1v) is 12.2. The van der Waals surface area contributed by atoms with Crippen LogP contribution in [0.2, 0.25) is 0 Å². The van der Waals surface area contributed by atoms with Crippen LogP contribution in [-0.2, 0) is 0 Å². The van der Waals surface area contributed by atoms with Crippen molar-refractivity contribution in [3.63, 3.8) is 0 Å². The number of fused-ring (bicyclic) bond motifs is 4. The second-order valence-electron chi connectivity index (χ2n) is 9.47. The van der Waals surface area contributed by atoms with Gasteiger partial charge in [-0.25, -0.2) is 0 Å². The lowest BCUT2D eigenvalue weighted by atomic mass is 9.84. The maximum atomic E-state index is 2.36. The third kappa shape index (κ3) is 3.22. The van der Waals surface area contributed by atoms with Gasteiger partial charge in [0.2, 0.25) is 0 Å². The number of rotatable bonds is 2. The highest BCUT2D eigenvalue weighted by molar-refractivity contribution is 6.22. The molecule has 0 atom stereocenters. The largest absolute Gasteiger partial charge is 0.0616 e. The third-order valence-electron chi connectivity index (χ3n) is 7.26. The molecule has 0 unspecified atom stereocenters. The van der Waals surface area contributed by atoms with Crippen molar-refractivity contribution in [1.82, 2.24) is 0 Å². The lowest BCUT2D eigenvalue weighted by Gasteiger charge is -2.19. The van der Waals surface area contributed by atoms with Crippen LogP contribution in [-0.4, -0.2) is 0 Å². The van der Waals surface area contributed by atoms with E-state index in [-0.39, 0.29) is 0 Å². The molecule has 0 aliphatic heterocycles. The molecule has 0 spiro atoms. The fraction of sp³-hybridized carbons (Fsp3) is 0.0286. The average Bonchev–Trinajstić information content (AvgIpc) is 2.91. The van der Waals surface area contributed by atoms with Crippen molar-refractivity contribution >= 4 is 43.1 Å². The van der Waals surface area contributed by atoms with Gasteiger partial charge in [-0.3, -0.25) is 0 Å². The van der Waals surface area contributed by atoms with Gasteiger partial charge in [-0.15, -0.1) is 0 Å². The molecule has 0 heterocycles. The summed E-state index contributed by atoms with van der Waals surface area (Å²) in [6.45, 7) is 2.19. The molecular weight excluding hydrogens is 420 g/mol. The Kier molecular flexibility index (Phi) is 4.47. The topological polar surface area (TPSA) is 0 Å². The molecule has 0 fully saturated rings. The first-order valence-electron chi connectivity index (χ1n) is 12.2. The fourth-order valence-corrected chi connectivity index (χ4v) is 5.60. The van der Waals surface area contributed by atoms with E-state index in [1.165, 1.54) is 70.9 Å². The molecular formula is C35H24. The van der Waals surface area contributed by atoms with Crippen molar-refractivity contribution in [1.29, 1.82) is 0 Å². The Morgan fingerprint density at radius 3 is 1.37 bits per heavy atom. The Labute approximate surface area is 205 Å². The van der Waals surface area contributed by atoms with Gasteiger partial charge < -0.3 is 0 Å². The summed E-state index contributed by atoms with van der Waals surface area (Å²) in [6, 6.07) is 46.8. The Balaban J connectivity index is 1.63. The van der Waals surface area contributed by atoms with E-state index in [1.54, 1.807) is 0 Å². The van der Waals surface area contributed by atoms with Crippen molar-refractivity contribution < 1.29 is 0 Å². The van der Waals surface area contributed by atoms with E-state index in [0.717, 1.165) is 0 Å². The molecule has 0 aromatic heterocycles. The Morgan fingerprint density at radius 2 is 0.800 bits per heavy atom. The second kappa shape index (κ2) is 7.82. The lowest BCUT2D eigenvalue weighted by molar-refractivity contribution is 1.51. The molecule has 0 saturated carbocycles. The van der Waals surface area contributed by atoms with Crippen molar-refractivity contribution in [2.45, 2.75) is 6.92 Å². The summed E-state index contributed by atoms with van der Waals surface area (Å²) in [4.78, 5) is 0. The SMILES string of the molecule is Cc1ccc2c(-c3ccc4ccccc4c3)c3ccccc3c(-c3ccc4ccccc4c3)c2c1. The minimum Gasteiger partial charge on any atom is -0.0616 e. The van der Waals surface area contributed by atoms with Gasteiger partial charge in [0.15, 0.2) is 0 Å². The molecule has 7 aromatic rings. The number of benzene rings is 7. The van der Waals surface area contributed by atoms with E-state index in [4.69, 9.17) is 0 Å². The van der Waals surface area contributed by atoms with E-state index in [9.17, 15) is 0 Å². The van der Waals surface area contributed by atoms with Crippen molar-refractivity contribution in [2.24, 2.45) is 0 Å². The summed E-state index contributed by atoms with van der Waals surface area (Å²) >= 11 is 0. The van der Waals surface area contributed by atoms with Gasteiger partial charge in [0.05, 0.1) is 0 Å². The van der Waals surface area contributed by atoms with E-state index < -0.39 is 0 Å². The van der Waals surface area contributed by atoms with Crippen LogP contribution in [0, 0.1) is 6.92 Å². The van der Waals surface area contributed by atoms with Gasteiger partial charge in [-0.1, -0.05) is 121 Å². The molecule has 0 heteroatoms. The fourth-order valence-electron chi connectivity index (χ4n) is 5.60. The number of hydrogen-bond acceptors (Lipinski definition) is 0.